The number of carbonyl (C=O) groups is 4. The highest BCUT2D eigenvalue weighted by atomic mass is 32.2. The van der Waals surface area contributed by atoms with Crippen LogP contribution in [0, 0.1) is 0 Å². The summed E-state index contributed by atoms with van der Waals surface area (Å²) >= 11 is 1.47. The highest BCUT2D eigenvalue weighted by Crippen LogP contribution is 2.06. The third-order valence-corrected chi connectivity index (χ3v) is 5.53. The zero-order chi connectivity index (χ0) is 26.4. The number of nitrogens with one attached hydrogen (secondary N) is 4. The summed E-state index contributed by atoms with van der Waals surface area (Å²) in [6.07, 6.45) is 5.86. The van der Waals surface area contributed by atoms with Gasteiger partial charge in [0.2, 0.25) is 17.7 Å². The second-order valence-electron chi connectivity index (χ2n) is 7.81. The van der Waals surface area contributed by atoms with Crippen molar-refractivity contribution in [2.24, 2.45) is 22.2 Å². The molecule has 14 nitrogen and oxygen atoms in total. The molecular weight excluding hydrogens is 478 g/mol. The normalized spacial score (nSPS) is 14.1. The quantitative estimate of drug-likeness (QED) is 0.0664. The van der Waals surface area contributed by atoms with Crippen LogP contribution in [0.5, 0.6) is 0 Å². The first-order valence-electron chi connectivity index (χ1n) is 11.0. The van der Waals surface area contributed by atoms with Crippen LogP contribution in [0.4, 0.5) is 0 Å². The van der Waals surface area contributed by atoms with Gasteiger partial charge in [-0.2, -0.15) is 11.8 Å². The number of thioether (sulfide) groups is 1. The summed E-state index contributed by atoms with van der Waals surface area (Å²) in [6, 6.07) is -4.10. The number of hydrogen-bond acceptors (Lipinski definition) is 8. The molecule has 0 aliphatic carbocycles. The number of aromatic amines is 1. The standard InChI is InChI=1S/C20H35N9O5S/c1-11(19(33)34)27-17(31)14(5-7-35-2)28-18(32)15(8-12-9-24-10-26-12)29-16(30)13(21)4-3-6-25-20(22)23/h9-11,13-15H,3-8,21H2,1-2H3,(H,24,26)(H,27,31)(H,28,32)(H,29,30)(H,33,34)(H4,22,23,25). The Hall–Kier alpha value is -3.33. The number of amides is 3. The van der Waals surface area contributed by atoms with Crippen LogP contribution < -0.4 is 33.2 Å². The van der Waals surface area contributed by atoms with E-state index < -0.39 is 47.9 Å². The number of carbonyl (C=O) groups excluding carboxylic acids is 3. The Morgan fingerprint density at radius 3 is 2.34 bits per heavy atom. The van der Waals surface area contributed by atoms with Crippen LogP contribution >= 0.6 is 11.8 Å². The number of aliphatic carboxylic acids is 1. The molecule has 0 saturated heterocycles. The lowest BCUT2D eigenvalue weighted by molar-refractivity contribution is -0.141. The molecule has 1 aromatic rings. The zero-order valence-corrected chi connectivity index (χ0v) is 20.6. The van der Waals surface area contributed by atoms with Gasteiger partial charge in [0.05, 0.1) is 12.4 Å². The summed E-state index contributed by atoms with van der Waals surface area (Å²) in [6.45, 7) is 1.63. The van der Waals surface area contributed by atoms with Crippen LogP contribution in [0.1, 0.15) is 31.9 Å². The van der Waals surface area contributed by atoms with E-state index in [-0.39, 0.29) is 25.2 Å². The van der Waals surface area contributed by atoms with Crippen molar-refractivity contribution in [2.75, 3.05) is 18.6 Å². The Bertz CT molecular complexity index is 861. The zero-order valence-electron chi connectivity index (χ0n) is 19.8. The van der Waals surface area contributed by atoms with Crippen LogP contribution in [0.2, 0.25) is 0 Å². The third kappa shape index (κ3) is 11.6. The van der Waals surface area contributed by atoms with Crippen molar-refractivity contribution in [3.8, 4) is 0 Å². The molecule has 196 valence electrons. The Labute approximate surface area is 207 Å². The van der Waals surface area contributed by atoms with E-state index in [9.17, 15) is 19.2 Å². The van der Waals surface area contributed by atoms with Gasteiger partial charge in [-0.15, -0.1) is 0 Å². The summed E-state index contributed by atoms with van der Waals surface area (Å²) in [5.41, 5.74) is 17.1. The number of H-pyrrole nitrogens is 1. The summed E-state index contributed by atoms with van der Waals surface area (Å²) < 4.78 is 0. The topological polar surface area (TPSA) is 244 Å². The van der Waals surface area contributed by atoms with E-state index in [0.29, 0.717) is 24.4 Å². The van der Waals surface area contributed by atoms with Gasteiger partial charge in [0.1, 0.15) is 18.1 Å². The fourth-order valence-corrected chi connectivity index (χ4v) is 3.38. The lowest BCUT2D eigenvalue weighted by atomic mass is 10.1. The molecule has 0 spiro atoms. The van der Waals surface area contributed by atoms with Gasteiger partial charge in [0.25, 0.3) is 0 Å². The lowest BCUT2D eigenvalue weighted by Crippen LogP contribution is -2.57. The monoisotopic (exact) mass is 513 g/mol. The SMILES string of the molecule is CSCCC(NC(=O)C(Cc1cnc[nH]1)NC(=O)C(N)CCCN=C(N)N)C(=O)NC(C)C(=O)O. The molecule has 0 aliphatic heterocycles. The first-order valence-corrected chi connectivity index (χ1v) is 12.4. The van der Waals surface area contributed by atoms with Gasteiger partial charge < -0.3 is 43.2 Å². The molecule has 0 aliphatic rings. The molecule has 0 fully saturated rings. The fraction of sp³-hybridized carbons (Fsp3) is 0.600. The van der Waals surface area contributed by atoms with Crippen LogP contribution in [0.3, 0.4) is 0 Å². The minimum Gasteiger partial charge on any atom is -0.480 e. The number of nitrogens with two attached hydrogens (primary N) is 3. The largest absolute Gasteiger partial charge is 0.480 e. The van der Waals surface area contributed by atoms with E-state index >= 15 is 0 Å². The van der Waals surface area contributed by atoms with Gasteiger partial charge in [0, 0.05) is 24.9 Å². The lowest BCUT2D eigenvalue weighted by Gasteiger charge is -2.24. The van der Waals surface area contributed by atoms with Gasteiger partial charge in [-0.3, -0.25) is 24.2 Å². The molecule has 1 heterocycles. The Morgan fingerprint density at radius 1 is 1.11 bits per heavy atom. The number of aliphatic imine (C=N–C) groups is 1. The van der Waals surface area contributed by atoms with Crippen molar-refractivity contribution < 1.29 is 24.3 Å². The number of imidazole rings is 1. The number of hydrogen-bond donors (Lipinski definition) is 8. The smallest absolute Gasteiger partial charge is 0.325 e. The van der Waals surface area contributed by atoms with Gasteiger partial charge in [-0.05, 0) is 38.2 Å². The fourth-order valence-electron chi connectivity index (χ4n) is 2.91. The predicted molar refractivity (Wildman–Crippen MR) is 132 cm³/mol. The van der Waals surface area contributed by atoms with E-state index in [2.05, 4.69) is 30.9 Å². The van der Waals surface area contributed by atoms with E-state index in [1.807, 2.05) is 6.26 Å². The number of nitrogens with zero attached hydrogens (tertiary/aromatic N) is 2. The maximum atomic E-state index is 13.1. The van der Waals surface area contributed by atoms with Crippen LogP contribution in [-0.4, -0.2) is 87.4 Å². The highest BCUT2D eigenvalue weighted by Gasteiger charge is 2.29. The van der Waals surface area contributed by atoms with E-state index in [1.54, 1.807) is 0 Å². The van der Waals surface area contributed by atoms with Crippen LogP contribution in [-0.2, 0) is 25.6 Å². The summed E-state index contributed by atoms with van der Waals surface area (Å²) in [4.78, 5) is 60.1. The van der Waals surface area contributed by atoms with Crippen LogP contribution in [0.15, 0.2) is 17.5 Å². The molecule has 1 aromatic heterocycles. The number of aromatic nitrogens is 2. The number of carboxylic acids is 1. The van der Waals surface area contributed by atoms with Crippen molar-refractivity contribution in [2.45, 2.75) is 56.8 Å². The van der Waals surface area contributed by atoms with Crippen molar-refractivity contribution in [3.05, 3.63) is 18.2 Å². The summed E-state index contributed by atoms with van der Waals surface area (Å²) in [7, 11) is 0. The Kier molecular flexibility index (Phi) is 13.2. The molecule has 1 rings (SSSR count). The molecule has 0 aromatic carbocycles. The first kappa shape index (κ1) is 29.7. The molecule has 0 bridgehead atoms. The van der Waals surface area contributed by atoms with Crippen LogP contribution in [0.25, 0.3) is 0 Å². The average Bonchev–Trinajstić information content (AvgIpc) is 3.31. The maximum Gasteiger partial charge on any atom is 0.325 e. The van der Waals surface area contributed by atoms with Crippen molar-refractivity contribution >= 4 is 41.4 Å². The predicted octanol–water partition coefficient (Wildman–Crippen LogP) is -2.35. The minimum absolute atomic E-state index is 0.0582. The average molecular weight is 514 g/mol. The van der Waals surface area contributed by atoms with Crippen molar-refractivity contribution in [1.82, 2.24) is 25.9 Å². The second kappa shape index (κ2) is 15.5. The summed E-state index contributed by atoms with van der Waals surface area (Å²) in [5, 5.41) is 16.7. The first-order chi connectivity index (χ1) is 16.5. The van der Waals surface area contributed by atoms with E-state index in [1.165, 1.54) is 31.2 Å². The number of carboxylic acid groups (broad SMARTS) is 1. The second-order valence-corrected chi connectivity index (χ2v) is 8.79. The number of rotatable bonds is 16. The van der Waals surface area contributed by atoms with Gasteiger partial charge in [-0.25, -0.2) is 4.98 Å². The van der Waals surface area contributed by atoms with E-state index in [4.69, 9.17) is 22.3 Å². The third-order valence-electron chi connectivity index (χ3n) is 4.89. The molecule has 0 saturated carbocycles. The van der Waals surface area contributed by atoms with Gasteiger partial charge in [0.15, 0.2) is 5.96 Å². The Balaban J connectivity index is 2.90. The molecule has 15 heteroatoms. The molecule has 4 atom stereocenters. The van der Waals surface area contributed by atoms with Gasteiger partial charge >= 0.3 is 5.97 Å². The van der Waals surface area contributed by atoms with Crippen molar-refractivity contribution in [1.29, 1.82) is 0 Å². The van der Waals surface area contributed by atoms with Gasteiger partial charge in [-0.1, -0.05) is 0 Å². The highest BCUT2D eigenvalue weighted by molar-refractivity contribution is 7.98. The molecule has 3 amide bonds. The Morgan fingerprint density at radius 2 is 1.77 bits per heavy atom. The molecule has 0 radical (unpaired) electrons. The number of guanidine groups is 1. The molecule has 4 unspecified atom stereocenters. The molecule has 35 heavy (non-hydrogen) atoms. The molecular formula is C20H35N9O5S. The summed E-state index contributed by atoms with van der Waals surface area (Å²) in [5.74, 6) is -2.53. The molecule has 11 N–H and O–H groups in total. The van der Waals surface area contributed by atoms with Crippen molar-refractivity contribution in [3.63, 3.8) is 0 Å². The minimum atomic E-state index is -1.20. The maximum absolute atomic E-state index is 13.1. The van der Waals surface area contributed by atoms with E-state index in [0.717, 1.165) is 0 Å².